The Labute approximate surface area is 196 Å². The molecule has 34 heavy (non-hydrogen) atoms. The highest BCUT2D eigenvalue weighted by atomic mass is 16.1. The zero-order valence-electron chi connectivity index (χ0n) is 18.6. The van der Waals surface area contributed by atoms with Crippen molar-refractivity contribution in [2.75, 3.05) is 5.32 Å². The van der Waals surface area contributed by atoms with Gasteiger partial charge in [-0.05, 0) is 60.9 Å². The summed E-state index contributed by atoms with van der Waals surface area (Å²) in [5.74, 6) is 0.153. The van der Waals surface area contributed by atoms with Crippen molar-refractivity contribution in [1.82, 2.24) is 14.4 Å². The zero-order valence-corrected chi connectivity index (χ0v) is 18.6. The van der Waals surface area contributed by atoms with E-state index in [9.17, 15) is 9.59 Å². The number of hydrogen-bond donors (Lipinski definition) is 2. The maximum Gasteiger partial charge on any atom is 0.248 e. The number of aryl methyl sites for hydroxylation is 1. The Kier molecular flexibility index (Phi) is 6.03. The lowest BCUT2D eigenvalue weighted by molar-refractivity contribution is 0.0980. The molecule has 0 fully saturated rings. The molecule has 3 heterocycles. The topological polar surface area (TPSA) is 79.3 Å². The van der Waals surface area contributed by atoms with Crippen molar-refractivity contribution < 1.29 is 4.79 Å². The van der Waals surface area contributed by atoms with Gasteiger partial charge in [0.1, 0.15) is 0 Å². The molecule has 0 bridgehead atoms. The summed E-state index contributed by atoms with van der Waals surface area (Å²) < 4.78 is 1.95. The van der Waals surface area contributed by atoms with Gasteiger partial charge in [0.05, 0.1) is 11.4 Å². The molecule has 0 aliphatic rings. The van der Waals surface area contributed by atoms with E-state index in [1.165, 1.54) is 5.56 Å². The lowest BCUT2D eigenvalue weighted by Gasteiger charge is -2.12. The number of fused-ring (bicyclic) bond motifs is 1. The number of hydrogen-bond acceptors (Lipinski definition) is 4. The highest BCUT2D eigenvalue weighted by molar-refractivity contribution is 5.96. The Morgan fingerprint density at radius 3 is 2.59 bits per heavy atom. The van der Waals surface area contributed by atoms with E-state index >= 15 is 0 Å². The van der Waals surface area contributed by atoms with Gasteiger partial charge >= 0.3 is 0 Å². The molecule has 3 aromatic heterocycles. The molecular formula is C28H24N4O2. The summed E-state index contributed by atoms with van der Waals surface area (Å²) in [5.41, 5.74) is 5.96. The van der Waals surface area contributed by atoms with E-state index in [4.69, 9.17) is 0 Å². The van der Waals surface area contributed by atoms with Crippen molar-refractivity contribution in [2.24, 2.45) is 0 Å². The van der Waals surface area contributed by atoms with Gasteiger partial charge in [-0.1, -0.05) is 30.3 Å². The van der Waals surface area contributed by atoms with E-state index in [0.717, 1.165) is 41.1 Å². The first-order chi connectivity index (χ1) is 16.7. The van der Waals surface area contributed by atoms with E-state index < -0.39 is 0 Å². The molecule has 6 heteroatoms. The fraction of sp³-hybridized carbons (Fsp3) is 0.107. The van der Waals surface area contributed by atoms with Crippen molar-refractivity contribution in [3.05, 3.63) is 119 Å². The van der Waals surface area contributed by atoms with Gasteiger partial charge in [-0.25, -0.2) is 4.98 Å². The highest BCUT2D eigenvalue weighted by Gasteiger charge is 2.10. The number of aromatic nitrogens is 3. The molecule has 0 aliphatic heterocycles. The van der Waals surface area contributed by atoms with E-state index in [0.29, 0.717) is 12.0 Å². The summed E-state index contributed by atoms with van der Waals surface area (Å²) in [6.45, 7) is 0. The number of anilines is 2. The number of ketones is 1. The lowest BCUT2D eigenvalue weighted by atomic mass is 10.0. The summed E-state index contributed by atoms with van der Waals surface area (Å²) in [4.78, 5) is 31.4. The van der Waals surface area contributed by atoms with Gasteiger partial charge in [0.15, 0.2) is 11.4 Å². The van der Waals surface area contributed by atoms with Gasteiger partial charge in [0.25, 0.3) is 0 Å². The molecule has 2 aromatic carbocycles. The fourth-order valence-corrected chi connectivity index (χ4v) is 4.09. The molecule has 0 saturated carbocycles. The molecule has 5 aromatic rings. The van der Waals surface area contributed by atoms with Crippen LogP contribution in [-0.4, -0.2) is 20.2 Å². The van der Waals surface area contributed by atoms with E-state index in [1.807, 2.05) is 71.3 Å². The second-order valence-electron chi connectivity index (χ2n) is 8.16. The van der Waals surface area contributed by atoms with E-state index in [1.54, 1.807) is 18.5 Å². The predicted molar refractivity (Wildman–Crippen MR) is 135 cm³/mol. The monoisotopic (exact) mass is 448 g/mol. The average Bonchev–Trinajstić information content (AvgIpc) is 3.36. The molecule has 5 rings (SSSR count). The highest BCUT2D eigenvalue weighted by Crippen LogP contribution is 2.27. The molecule has 6 nitrogen and oxygen atoms in total. The molecule has 0 atom stereocenters. The van der Waals surface area contributed by atoms with Crippen molar-refractivity contribution in [3.8, 4) is 11.3 Å². The van der Waals surface area contributed by atoms with Crippen LogP contribution in [0.2, 0.25) is 0 Å². The number of nitrogens with one attached hydrogen (secondary N) is 2. The number of nitrogens with zero attached hydrogens (tertiary/aromatic N) is 2. The molecular weight excluding hydrogens is 424 g/mol. The number of benzene rings is 2. The largest absolute Gasteiger partial charge is 0.352 e. The Morgan fingerprint density at radius 2 is 1.79 bits per heavy atom. The Hall–Kier alpha value is -4.45. The molecule has 168 valence electrons. The molecule has 0 saturated heterocycles. The SMILES string of the molecule is O=C(CCCc1ccccc1)c1ccc(Nc2ccc(-c3cc[nH]c(=O)c3)n3ccnc23)cc1. The van der Waals surface area contributed by atoms with Gasteiger partial charge in [-0.2, -0.15) is 0 Å². The number of aromatic amines is 1. The normalized spacial score (nSPS) is 10.9. The Bertz CT molecular complexity index is 1480. The maximum absolute atomic E-state index is 12.6. The molecule has 2 N–H and O–H groups in total. The van der Waals surface area contributed by atoms with Crippen LogP contribution in [0.5, 0.6) is 0 Å². The molecule has 0 aliphatic carbocycles. The summed E-state index contributed by atoms with van der Waals surface area (Å²) in [7, 11) is 0. The fourth-order valence-electron chi connectivity index (χ4n) is 4.09. The maximum atomic E-state index is 12.6. The number of Topliss-reactive ketones (excluding diaryl/α,β-unsaturated/α-hetero) is 1. The quantitative estimate of drug-likeness (QED) is 0.301. The van der Waals surface area contributed by atoms with Crippen molar-refractivity contribution in [3.63, 3.8) is 0 Å². The first-order valence-electron chi connectivity index (χ1n) is 11.3. The van der Waals surface area contributed by atoms with Crippen LogP contribution < -0.4 is 10.9 Å². The third-order valence-electron chi connectivity index (χ3n) is 5.82. The third-order valence-corrected chi connectivity index (χ3v) is 5.82. The number of pyridine rings is 2. The minimum atomic E-state index is -0.150. The van der Waals surface area contributed by atoms with Crippen LogP contribution in [0.1, 0.15) is 28.8 Å². The molecule has 0 amide bonds. The van der Waals surface area contributed by atoms with Crippen molar-refractivity contribution in [2.45, 2.75) is 19.3 Å². The van der Waals surface area contributed by atoms with Gasteiger partial charge < -0.3 is 10.3 Å². The van der Waals surface area contributed by atoms with Crippen LogP contribution in [0, 0.1) is 0 Å². The van der Waals surface area contributed by atoms with Gasteiger partial charge in [0.2, 0.25) is 5.56 Å². The smallest absolute Gasteiger partial charge is 0.248 e. The summed E-state index contributed by atoms with van der Waals surface area (Å²) in [6, 6.07) is 25.1. The standard InChI is InChI=1S/C28H24N4O2/c33-26(8-4-7-20-5-2-1-3-6-20)21-9-11-23(12-10-21)31-24-13-14-25(32-18-17-30-28(24)32)22-15-16-29-27(34)19-22/h1-3,5-6,9-19,31H,4,7-8H2,(H,29,34). The third kappa shape index (κ3) is 4.66. The molecule has 0 spiro atoms. The Morgan fingerprint density at radius 1 is 0.971 bits per heavy atom. The first-order valence-corrected chi connectivity index (χ1v) is 11.3. The van der Waals surface area contributed by atoms with E-state index in [2.05, 4.69) is 27.4 Å². The van der Waals surface area contributed by atoms with Gasteiger partial charge in [0, 0.05) is 47.9 Å². The van der Waals surface area contributed by atoms with Crippen LogP contribution in [0.4, 0.5) is 11.4 Å². The minimum absolute atomic E-state index is 0.150. The van der Waals surface area contributed by atoms with Crippen LogP contribution >= 0.6 is 0 Å². The van der Waals surface area contributed by atoms with Crippen LogP contribution in [0.3, 0.4) is 0 Å². The zero-order chi connectivity index (χ0) is 23.3. The van der Waals surface area contributed by atoms with Crippen molar-refractivity contribution >= 4 is 22.8 Å². The number of imidazole rings is 1. The molecule has 0 radical (unpaired) electrons. The number of H-pyrrole nitrogens is 1. The van der Waals surface area contributed by atoms with Gasteiger partial charge in [-0.15, -0.1) is 0 Å². The number of rotatable bonds is 8. The van der Waals surface area contributed by atoms with Crippen molar-refractivity contribution in [1.29, 1.82) is 0 Å². The predicted octanol–water partition coefficient (Wildman–Crippen LogP) is 5.64. The Balaban J connectivity index is 1.28. The summed E-state index contributed by atoms with van der Waals surface area (Å²) in [5, 5.41) is 3.39. The van der Waals surface area contributed by atoms with E-state index in [-0.39, 0.29) is 11.3 Å². The molecule has 0 unspecified atom stereocenters. The number of carbonyl (C=O) groups excluding carboxylic acids is 1. The summed E-state index contributed by atoms with van der Waals surface area (Å²) >= 11 is 0. The van der Waals surface area contributed by atoms with Crippen LogP contribution in [-0.2, 0) is 6.42 Å². The number of carbonyl (C=O) groups is 1. The second-order valence-corrected chi connectivity index (χ2v) is 8.16. The van der Waals surface area contributed by atoms with Gasteiger partial charge in [-0.3, -0.25) is 14.0 Å². The first kappa shape index (κ1) is 21.4. The summed E-state index contributed by atoms with van der Waals surface area (Å²) in [6.07, 6.45) is 7.50. The van der Waals surface area contributed by atoms with Crippen LogP contribution in [0.25, 0.3) is 16.9 Å². The second kappa shape index (κ2) is 9.58. The lowest BCUT2D eigenvalue weighted by Crippen LogP contribution is -2.04. The van der Waals surface area contributed by atoms with Crippen LogP contribution in [0.15, 0.2) is 102 Å². The average molecular weight is 449 g/mol. The minimum Gasteiger partial charge on any atom is -0.352 e.